The molecule has 138 valence electrons. The Morgan fingerprint density at radius 3 is 2.54 bits per heavy atom. The number of anilines is 1. The number of carboxylic acid groups (broad SMARTS) is 1. The molecule has 26 heavy (non-hydrogen) atoms. The van der Waals surface area contributed by atoms with Gasteiger partial charge in [0.2, 0.25) is 5.91 Å². The molecule has 1 heterocycles. The molecule has 0 saturated heterocycles. The van der Waals surface area contributed by atoms with Gasteiger partial charge in [-0.15, -0.1) is 11.3 Å². The van der Waals surface area contributed by atoms with Gasteiger partial charge in [-0.05, 0) is 25.5 Å². The highest BCUT2D eigenvalue weighted by Gasteiger charge is 2.23. The average molecular weight is 372 g/mol. The van der Waals surface area contributed by atoms with Crippen LogP contribution in [0.1, 0.15) is 42.5 Å². The molecule has 1 amide bonds. The zero-order chi connectivity index (χ0) is 18.5. The molecule has 1 saturated carbocycles. The van der Waals surface area contributed by atoms with Crippen LogP contribution < -0.4 is 5.32 Å². The van der Waals surface area contributed by atoms with Gasteiger partial charge in [-0.2, -0.15) is 0 Å². The fraction of sp³-hybridized carbons (Fsp3) is 0.400. The molecular weight excluding hydrogens is 348 g/mol. The van der Waals surface area contributed by atoms with E-state index in [1.165, 1.54) is 30.6 Å². The first kappa shape index (κ1) is 18.6. The first-order chi connectivity index (χ1) is 12.6. The molecular formula is C20H24N2O3S. The topological polar surface area (TPSA) is 69.6 Å². The van der Waals surface area contributed by atoms with E-state index in [2.05, 4.69) is 10.2 Å². The highest BCUT2D eigenvalue weighted by atomic mass is 32.1. The Bertz CT molecular complexity index is 767. The monoisotopic (exact) mass is 372 g/mol. The second-order valence-electron chi connectivity index (χ2n) is 6.78. The molecule has 0 unspecified atom stereocenters. The highest BCUT2D eigenvalue weighted by molar-refractivity contribution is 7.15. The lowest BCUT2D eigenvalue weighted by atomic mass is 9.94. The number of aromatic carboxylic acids is 1. The molecule has 1 aliphatic rings. The first-order valence-corrected chi connectivity index (χ1v) is 9.84. The number of thiophene rings is 1. The number of carbonyl (C=O) groups is 2. The van der Waals surface area contributed by atoms with Crippen LogP contribution in [0.4, 0.5) is 5.00 Å². The van der Waals surface area contributed by atoms with Crippen molar-refractivity contribution in [2.24, 2.45) is 0 Å². The Morgan fingerprint density at radius 1 is 1.19 bits per heavy atom. The van der Waals surface area contributed by atoms with E-state index < -0.39 is 5.97 Å². The van der Waals surface area contributed by atoms with Crippen LogP contribution in [-0.2, 0) is 4.79 Å². The molecule has 0 spiro atoms. The third-order valence-electron chi connectivity index (χ3n) is 4.93. The van der Waals surface area contributed by atoms with Crippen LogP contribution in [0.5, 0.6) is 0 Å². The molecule has 3 rings (SSSR count). The maximum Gasteiger partial charge on any atom is 0.339 e. The van der Waals surface area contributed by atoms with Crippen LogP contribution >= 0.6 is 11.3 Å². The summed E-state index contributed by atoms with van der Waals surface area (Å²) >= 11 is 1.26. The number of likely N-dealkylation sites (N-methyl/N-ethyl adjacent to an activating group) is 1. The summed E-state index contributed by atoms with van der Waals surface area (Å²) < 4.78 is 0. The van der Waals surface area contributed by atoms with Crippen LogP contribution in [0.25, 0.3) is 11.1 Å². The minimum atomic E-state index is -1.03. The summed E-state index contributed by atoms with van der Waals surface area (Å²) in [5.41, 5.74) is 1.63. The fourth-order valence-corrected chi connectivity index (χ4v) is 4.51. The second kappa shape index (κ2) is 8.47. The number of hydrogen-bond donors (Lipinski definition) is 2. The zero-order valence-corrected chi connectivity index (χ0v) is 15.7. The van der Waals surface area contributed by atoms with E-state index in [0.717, 1.165) is 18.4 Å². The fourth-order valence-electron chi connectivity index (χ4n) is 3.54. The quantitative estimate of drug-likeness (QED) is 0.792. The van der Waals surface area contributed by atoms with Crippen LogP contribution in [0.15, 0.2) is 35.7 Å². The van der Waals surface area contributed by atoms with Crippen molar-refractivity contribution in [3.05, 3.63) is 41.3 Å². The van der Waals surface area contributed by atoms with E-state index in [1.54, 1.807) is 5.38 Å². The molecule has 0 bridgehead atoms. The summed E-state index contributed by atoms with van der Waals surface area (Å²) in [6.45, 7) is 0.280. The van der Waals surface area contributed by atoms with Crippen molar-refractivity contribution in [2.45, 2.75) is 38.1 Å². The summed E-state index contributed by atoms with van der Waals surface area (Å²) in [5, 5.41) is 14.6. The van der Waals surface area contributed by atoms with E-state index in [1.807, 2.05) is 37.4 Å². The standard InChI is InChI=1S/C20H24N2O3S/c1-22(15-10-6-3-7-11-15)12-17(23)21-19-18(20(24)25)16(13-26-19)14-8-4-2-5-9-14/h2,4-5,8-9,13,15H,3,6-7,10-12H2,1H3,(H,21,23)(H,24,25). The third-order valence-corrected chi connectivity index (χ3v) is 5.83. The van der Waals surface area contributed by atoms with E-state index >= 15 is 0 Å². The van der Waals surface area contributed by atoms with Crippen LogP contribution in [0.3, 0.4) is 0 Å². The number of benzene rings is 1. The smallest absolute Gasteiger partial charge is 0.339 e. The molecule has 0 aliphatic heterocycles. The van der Waals surface area contributed by atoms with Crippen molar-refractivity contribution in [1.29, 1.82) is 0 Å². The van der Waals surface area contributed by atoms with Gasteiger partial charge >= 0.3 is 5.97 Å². The largest absolute Gasteiger partial charge is 0.478 e. The number of nitrogens with one attached hydrogen (secondary N) is 1. The van der Waals surface area contributed by atoms with Crippen molar-refractivity contribution in [2.75, 3.05) is 18.9 Å². The summed E-state index contributed by atoms with van der Waals surface area (Å²) in [5.74, 6) is -1.19. The molecule has 1 fully saturated rings. The van der Waals surface area contributed by atoms with E-state index in [0.29, 0.717) is 16.6 Å². The number of hydrogen-bond acceptors (Lipinski definition) is 4. The Labute approximate surface area is 157 Å². The number of amides is 1. The lowest BCUT2D eigenvalue weighted by Gasteiger charge is -2.30. The summed E-state index contributed by atoms with van der Waals surface area (Å²) in [4.78, 5) is 26.3. The van der Waals surface area contributed by atoms with Gasteiger partial charge in [-0.3, -0.25) is 9.69 Å². The zero-order valence-electron chi connectivity index (χ0n) is 14.9. The van der Waals surface area contributed by atoms with Gasteiger partial charge in [0.05, 0.1) is 6.54 Å². The van der Waals surface area contributed by atoms with Crippen LogP contribution in [0.2, 0.25) is 0 Å². The summed E-state index contributed by atoms with van der Waals surface area (Å²) in [6.07, 6.45) is 5.95. The van der Waals surface area contributed by atoms with Crippen LogP contribution in [-0.4, -0.2) is 41.5 Å². The molecule has 2 aromatic rings. The number of nitrogens with zero attached hydrogens (tertiary/aromatic N) is 1. The predicted molar refractivity (Wildman–Crippen MR) is 105 cm³/mol. The molecule has 0 radical (unpaired) electrons. The Morgan fingerprint density at radius 2 is 1.88 bits per heavy atom. The van der Waals surface area contributed by atoms with Gasteiger partial charge in [0.25, 0.3) is 0 Å². The second-order valence-corrected chi connectivity index (χ2v) is 7.66. The molecule has 1 aromatic carbocycles. The van der Waals surface area contributed by atoms with Gasteiger partial charge in [0, 0.05) is 17.0 Å². The molecule has 2 N–H and O–H groups in total. The number of rotatable bonds is 6. The molecule has 5 nitrogen and oxygen atoms in total. The van der Waals surface area contributed by atoms with Crippen molar-refractivity contribution in [3.63, 3.8) is 0 Å². The normalized spacial score (nSPS) is 15.2. The molecule has 1 aliphatic carbocycles. The number of carboxylic acids is 1. The van der Waals surface area contributed by atoms with Crippen molar-refractivity contribution >= 4 is 28.2 Å². The van der Waals surface area contributed by atoms with E-state index in [4.69, 9.17) is 0 Å². The van der Waals surface area contributed by atoms with E-state index in [-0.39, 0.29) is 18.0 Å². The van der Waals surface area contributed by atoms with Crippen molar-refractivity contribution in [1.82, 2.24) is 4.90 Å². The molecule has 0 atom stereocenters. The van der Waals surface area contributed by atoms with Gasteiger partial charge in [-0.25, -0.2) is 4.79 Å². The van der Waals surface area contributed by atoms with E-state index in [9.17, 15) is 14.7 Å². The summed E-state index contributed by atoms with van der Waals surface area (Å²) in [7, 11) is 1.97. The van der Waals surface area contributed by atoms with Gasteiger partial charge in [0.1, 0.15) is 10.6 Å². The van der Waals surface area contributed by atoms with Crippen LogP contribution in [0, 0.1) is 0 Å². The maximum atomic E-state index is 12.4. The van der Waals surface area contributed by atoms with Gasteiger partial charge in [0.15, 0.2) is 0 Å². The first-order valence-electron chi connectivity index (χ1n) is 8.96. The Hall–Kier alpha value is -2.18. The van der Waals surface area contributed by atoms with Gasteiger partial charge < -0.3 is 10.4 Å². The summed E-state index contributed by atoms with van der Waals surface area (Å²) in [6, 6.07) is 9.82. The molecule has 1 aromatic heterocycles. The van der Waals surface area contributed by atoms with Crippen molar-refractivity contribution < 1.29 is 14.7 Å². The minimum absolute atomic E-state index is 0.162. The lowest BCUT2D eigenvalue weighted by molar-refractivity contribution is -0.117. The SMILES string of the molecule is CN(CC(=O)Nc1scc(-c2ccccc2)c1C(=O)O)C1CCCCC1. The predicted octanol–water partition coefficient (Wildman–Crippen LogP) is 4.32. The Kier molecular flexibility index (Phi) is 6.06. The Balaban J connectivity index is 1.72. The van der Waals surface area contributed by atoms with Crippen molar-refractivity contribution in [3.8, 4) is 11.1 Å². The third kappa shape index (κ3) is 4.31. The highest BCUT2D eigenvalue weighted by Crippen LogP contribution is 2.35. The minimum Gasteiger partial charge on any atom is -0.478 e. The number of carbonyl (C=O) groups excluding carboxylic acids is 1. The van der Waals surface area contributed by atoms with Gasteiger partial charge in [-0.1, -0.05) is 49.6 Å². The average Bonchev–Trinajstić information content (AvgIpc) is 3.06. The maximum absolute atomic E-state index is 12.4. The lowest BCUT2D eigenvalue weighted by Crippen LogP contribution is -2.39. The molecule has 6 heteroatoms.